The highest BCUT2D eigenvalue weighted by Gasteiger charge is 2.35. The average molecular weight is 266 g/mol. The molecule has 0 fully saturated rings. The van der Waals surface area contributed by atoms with Crippen LogP contribution in [-0.4, -0.2) is 72.8 Å². The average Bonchev–Trinajstić information content (AvgIpc) is 2.39. The number of ether oxygens (including phenoxy) is 3. The van der Waals surface area contributed by atoms with Gasteiger partial charge in [0.1, 0.15) is 24.4 Å². The molecule has 0 radical (unpaired) electrons. The molecular weight excluding hydrogens is 240 g/mol. The van der Waals surface area contributed by atoms with E-state index in [2.05, 4.69) is 0 Å². The van der Waals surface area contributed by atoms with Crippen molar-refractivity contribution >= 4 is 0 Å². The Kier molecular flexibility index (Phi) is 10.5. The highest BCUT2D eigenvalue weighted by atomic mass is 16.6. The minimum absolute atomic E-state index is 0.236. The Hall–Kier alpha value is -0.240. The first-order valence-corrected chi connectivity index (χ1v) is 6.40. The van der Waals surface area contributed by atoms with Crippen molar-refractivity contribution in [2.75, 3.05) is 33.0 Å². The van der Waals surface area contributed by atoms with Gasteiger partial charge in [-0.3, -0.25) is 0 Å². The van der Waals surface area contributed by atoms with Gasteiger partial charge < -0.3 is 29.5 Å². The first-order valence-electron chi connectivity index (χ1n) is 6.40. The van der Waals surface area contributed by atoms with Crippen LogP contribution in [0, 0.1) is 0 Å². The van der Waals surface area contributed by atoms with Crippen LogP contribution in [0.15, 0.2) is 0 Å². The lowest BCUT2D eigenvalue weighted by molar-refractivity contribution is -0.177. The van der Waals surface area contributed by atoms with E-state index in [4.69, 9.17) is 19.3 Å². The molecule has 0 bridgehead atoms. The Bertz CT molecular complexity index is 189. The van der Waals surface area contributed by atoms with Crippen molar-refractivity contribution < 1.29 is 29.5 Å². The van der Waals surface area contributed by atoms with Crippen molar-refractivity contribution in [3.05, 3.63) is 0 Å². The molecule has 0 saturated heterocycles. The number of hydrogen-bond donors (Lipinski definition) is 3. The molecule has 110 valence electrons. The first kappa shape index (κ1) is 17.8. The molecule has 0 unspecified atom stereocenters. The summed E-state index contributed by atoms with van der Waals surface area (Å²) in [5, 5.41) is 28.1. The number of rotatable bonds is 11. The molecule has 0 aliphatic carbocycles. The van der Waals surface area contributed by atoms with Gasteiger partial charge in [-0.15, -0.1) is 0 Å². The molecule has 0 saturated carbocycles. The highest BCUT2D eigenvalue weighted by molar-refractivity contribution is 4.84. The maximum Gasteiger partial charge on any atom is 0.115 e. The lowest BCUT2D eigenvalue weighted by Gasteiger charge is -2.34. The second kappa shape index (κ2) is 10.7. The number of aliphatic hydroxyl groups is 3. The lowest BCUT2D eigenvalue weighted by Crippen LogP contribution is -2.51. The Morgan fingerprint density at radius 3 is 1.67 bits per heavy atom. The second-order valence-corrected chi connectivity index (χ2v) is 3.77. The van der Waals surface area contributed by atoms with Crippen molar-refractivity contribution in [1.29, 1.82) is 0 Å². The van der Waals surface area contributed by atoms with E-state index in [1.54, 1.807) is 6.92 Å². The van der Waals surface area contributed by atoms with Gasteiger partial charge in [-0.05, 0) is 20.8 Å². The lowest BCUT2D eigenvalue weighted by atomic mass is 10.0. The van der Waals surface area contributed by atoms with Gasteiger partial charge in [-0.25, -0.2) is 0 Å². The Morgan fingerprint density at radius 1 is 0.778 bits per heavy atom. The zero-order chi connectivity index (χ0) is 14.0. The van der Waals surface area contributed by atoms with Crippen molar-refractivity contribution in [2.45, 2.75) is 45.2 Å². The van der Waals surface area contributed by atoms with Gasteiger partial charge in [0.25, 0.3) is 0 Å². The van der Waals surface area contributed by atoms with E-state index in [1.807, 2.05) is 13.8 Å². The van der Waals surface area contributed by atoms with E-state index in [0.29, 0.717) is 19.8 Å². The van der Waals surface area contributed by atoms with E-state index in [0.717, 1.165) is 0 Å². The van der Waals surface area contributed by atoms with Gasteiger partial charge in [-0.1, -0.05) is 0 Å². The van der Waals surface area contributed by atoms with Crippen LogP contribution in [0.1, 0.15) is 20.8 Å². The summed E-state index contributed by atoms with van der Waals surface area (Å²) in [6, 6.07) is 0. The molecule has 0 aromatic carbocycles. The summed E-state index contributed by atoms with van der Waals surface area (Å²) >= 11 is 0. The van der Waals surface area contributed by atoms with E-state index >= 15 is 0 Å². The predicted molar refractivity (Wildman–Crippen MR) is 66.4 cm³/mol. The van der Waals surface area contributed by atoms with Crippen molar-refractivity contribution in [3.8, 4) is 0 Å². The van der Waals surface area contributed by atoms with Gasteiger partial charge in [0.05, 0.1) is 13.2 Å². The molecule has 0 aromatic heterocycles. The van der Waals surface area contributed by atoms with Crippen LogP contribution in [-0.2, 0) is 14.2 Å². The summed E-state index contributed by atoms with van der Waals surface area (Å²) in [5.41, 5.74) is 0. The van der Waals surface area contributed by atoms with Crippen LogP contribution >= 0.6 is 0 Å². The van der Waals surface area contributed by atoms with Crippen molar-refractivity contribution in [2.24, 2.45) is 0 Å². The van der Waals surface area contributed by atoms with E-state index in [-0.39, 0.29) is 6.61 Å². The maximum atomic E-state index is 9.77. The van der Waals surface area contributed by atoms with E-state index in [1.165, 1.54) is 0 Å². The molecule has 3 N–H and O–H groups in total. The van der Waals surface area contributed by atoms with Gasteiger partial charge in [0.15, 0.2) is 0 Å². The van der Waals surface area contributed by atoms with Crippen LogP contribution in [0.3, 0.4) is 0 Å². The summed E-state index contributed by atoms with van der Waals surface area (Å²) in [6.07, 6.45) is -3.02. The van der Waals surface area contributed by atoms with Crippen molar-refractivity contribution in [1.82, 2.24) is 0 Å². The molecule has 0 amide bonds. The molecule has 0 rings (SSSR count). The van der Waals surface area contributed by atoms with E-state index < -0.39 is 31.0 Å². The standard InChI is InChI=1S/C12H26O6/c1-4-16-10(8-14)12(18-6-3)11(17-5-2)9(15)7-13/h9-15H,4-8H2,1-3H3/t9-,10+,11+,12-/m1/s1. The molecule has 0 spiro atoms. The molecule has 0 heterocycles. The summed E-state index contributed by atoms with van der Waals surface area (Å²) in [4.78, 5) is 0. The van der Waals surface area contributed by atoms with Crippen LogP contribution in [0.25, 0.3) is 0 Å². The smallest absolute Gasteiger partial charge is 0.115 e. The van der Waals surface area contributed by atoms with Crippen LogP contribution in [0.4, 0.5) is 0 Å². The summed E-state index contributed by atoms with van der Waals surface area (Å²) in [5.74, 6) is 0. The fourth-order valence-corrected chi connectivity index (χ4v) is 1.79. The van der Waals surface area contributed by atoms with Crippen LogP contribution in [0.2, 0.25) is 0 Å². The highest BCUT2D eigenvalue weighted by Crippen LogP contribution is 2.16. The maximum absolute atomic E-state index is 9.77. The largest absolute Gasteiger partial charge is 0.394 e. The fourth-order valence-electron chi connectivity index (χ4n) is 1.79. The van der Waals surface area contributed by atoms with E-state index in [9.17, 15) is 10.2 Å². The molecule has 0 aliphatic rings. The molecular formula is C12H26O6. The van der Waals surface area contributed by atoms with Gasteiger partial charge in [0, 0.05) is 19.8 Å². The van der Waals surface area contributed by atoms with Gasteiger partial charge in [0.2, 0.25) is 0 Å². The van der Waals surface area contributed by atoms with Crippen LogP contribution in [0.5, 0.6) is 0 Å². The first-order chi connectivity index (χ1) is 8.65. The Morgan fingerprint density at radius 2 is 1.28 bits per heavy atom. The normalized spacial score (nSPS) is 18.3. The summed E-state index contributed by atoms with van der Waals surface area (Å²) < 4.78 is 16.3. The molecule has 0 aromatic rings. The Balaban J connectivity index is 4.85. The minimum Gasteiger partial charge on any atom is -0.394 e. The van der Waals surface area contributed by atoms with Gasteiger partial charge >= 0.3 is 0 Å². The third-order valence-electron chi connectivity index (χ3n) is 2.54. The monoisotopic (exact) mass is 266 g/mol. The molecule has 0 aliphatic heterocycles. The number of hydrogen-bond acceptors (Lipinski definition) is 6. The zero-order valence-electron chi connectivity index (χ0n) is 11.4. The van der Waals surface area contributed by atoms with Crippen LogP contribution < -0.4 is 0 Å². The Labute approximate surface area is 108 Å². The molecule has 18 heavy (non-hydrogen) atoms. The predicted octanol–water partition coefficient (Wildman–Crippen LogP) is -0.453. The summed E-state index contributed by atoms with van der Waals surface area (Å²) in [7, 11) is 0. The third-order valence-corrected chi connectivity index (χ3v) is 2.54. The molecule has 6 nitrogen and oxygen atoms in total. The fraction of sp³-hybridized carbons (Fsp3) is 1.00. The number of aliphatic hydroxyl groups excluding tert-OH is 3. The second-order valence-electron chi connectivity index (χ2n) is 3.77. The van der Waals surface area contributed by atoms with Crippen molar-refractivity contribution in [3.63, 3.8) is 0 Å². The van der Waals surface area contributed by atoms with Gasteiger partial charge in [-0.2, -0.15) is 0 Å². The topological polar surface area (TPSA) is 88.4 Å². The quantitative estimate of drug-likeness (QED) is 0.469. The minimum atomic E-state index is -1.07. The SMILES string of the molecule is CCO[C@H]([C@H](OCC)[C@H](CO)OCC)[C@H](O)CO. The molecule has 6 heteroatoms. The summed E-state index contributed by atoms with van der Waals surface area (Å²) in [6.45, 7) is 5.92. The zero-order valence-corrected chi connectivity index (χ0v) is 11.4. The molecule has 4 atom stereocenters. The third kappa shape index (κ3) is 5.60.